The van der Waals surface area contributed by atoms with Gasteiger partial charge in [0.2, 0.25) is 5.91 Å². The molecule has 0 aliphatic heterocycles. The molecule has 0 fully saturated rings. The van der Waals surface area contributed by atoms with E-state index in [0.29, 0.717) is 25.1 Å². The Bertz CT molecular complexity index is 442. The molecule has 0 spiro atoms. The number of nitriles is 1. The number of nitrogens with one attached hydrogen (secondary N) is 1. The van der Waals surface area contributed by atoms with Crippen molar-refractivity contribution in [1.82, 2.24) is 10.2 Å². The first-order chi connectivity index (χ1) is 8.63. The van der Waals surface area contributed by atoms with E-state index in [1.807, 2.05) is 6.07 Å². The summed E-state index contributed by atoms with van der Waals surface area (Å²) in [6.45, 7) is 0.904. The molecule has 1 aromatic carbocycles. The van der Waals surface area contributed by atoms with E-state index in [9.17, 15) is 9.18 Å². The molecule has 18 heavy (non-hydrogen) atoms. The molecule has 0 radical (unpaired) electrons. The molecule has 0 aliphatic rings. The number of benzene rings is 1. The Balaban J connectivity index is 2.38. The van der Waals surface area contributed by atoms with Gasteiger partial charge >= 0.3 is 0 Å². The number of halogens is 1. The van der Waals surface area contributed by atoms with Crippen LogP contribution in [-0.4, -0.2) is 30.9 Å². The molecule has 0 saturated carbocycles. The fraction of sp³-hybridized carbons (Fsp3) is 0.385. The first kappa shape index (κ1) is 14.1. The van der Waals surface area contributed by atoms with Crippen LogP contribution in [0.3, 0.4) is 0 Å². The van der Waals surface area contributed by atoms with Crippen LogP contribution in [0.25, 0.3) is 0 Å². The van der Waals surface area contributed by atoms with E-state index in [1.54, 1.807) is 30.1 Å². The highest BCUT2D eigenvalue weighted by Crippen LogP contribution is 2.08. The monoisotopic (exact) mass is 249 g/mol. The second-order valence-corrected chi connectivity index (χ2v) is 4.02. The summed E-state index contributed by atoms with van der Waals surface area (Å²) in [5, 5.41) is 11.0. The highest BCUT2D eigenvalue weighted by atomic mass is 19.1. The van der Waals surface area contributed by atoms with Crippen molar-refractivity contribution in [3.05, 3.63) is 35.6 Å². The largest absolute Gasteiger partial charge is 0.354 e. The van der Waals surface area contributed by atoms with E-state index in [1.165, 1.54) is 6.07 Å². The van der Waals surface area contributed by atoms with Crippen molar-refractivity contribution in [2.24, 2.45) is 0 Å². The van der Waals surface area contributed by atoms with Gasteiger partial charge < -0.3 is 5.32 Å². The van der Waals surface area contributed by atoms with E-state index < -0.39 is 0 Å². The summed E-state index contributed by atoms with van der Waals surface area (Å²) in [5.41, 5.74) is 0.560. The standard InChI is InChI=1S/C13H16FN3O/c1-17(10-13(18)16-8-4-7-15)9-11-5-2-3-6-12(11)14/h2-3,5-6H,4,8-10H2,1H3,(H,16,18). The molecule has 96 valence electrons. The predicted molar refractivity (Wildman–Crippen MR) is 66.0 cm³/mol. The van der Waals surface area contributed by atoms with Gasteiger partial charge in [0, 0.05) is 18.7 Å². The number of carbonyl (C=O) groups excluding carboxylic acids is 1. The lowest BCUT2D eigenvalue weighted by Crippen LogP contribution is -2.35. The third-order valence-corrected chi connectivity index (χ3v) is 2.37. The zero-order chi connectivity index (χ0) is 13.4. The highest BCUT2D eigenvalue weighted by Gasteiger charge is 2.08. The topological polar surface area (TPSA) is 56.1 Å². The average Bonchev–Trinajstić information content (AvgIpc) is 2.32. The van der Waals surface area contributed by atoms with E-state index in [2.05, 4.69) is 5.32 Å². The van der Waals surface area contributed by atoms with Crippen LogP contribution in [0.4, 0.5) is 4.39 Å². The van der Waals surface area contributed by atoms with Crippen LogP contribution in [0.5, 0.6) is 0 Å². The Morgan fingerprint density at radius 1 is 1.50 bits per heavy atom. The summed E-state index contributed by atoms with van der Waals surface area (Å²) >= 11 is 0. The number of likely N-dealkylation sites (N-methyl/N-ethyl adjacent to an activating group) is 1. The maximum absolute atomic E-state index is 13.4. The van der Waals surface area contributed by atoms with Crippen molar-refractivity contribution in [2.75, 3.05) is 20.1 Å². The van der Waals surface area contributed by atoms with Crippen LogP contribution in [-0.2, 0) is 11.3 Å². The van der Waals surface area contributed by atoms with Gasteiger partial charge in [-0.05, 0) is 13.1 Å². The molecule has 0 bridgehead atoms. The first-order valence-corrected chi connectivity index (χ1v) is 5.69. The average molecular weight is 249 g/mol. The maximum atomic E-state index is 13.4. The molecular weight excluding hydrogens is 233 g/mol. The number of hydrogen-bond donors (Lipinski definition) is 1. The summed E-state index contributed by atoms with van der Waals surface area (Å²) in [7, 11) is 1.75. The van der Waals surface area contributed by atoms with Gasteiger partial charge in [0.1, 0.15) is 5.82 Å². The minimum absolute atomic E-state index is 0.163. The highest BCUT2D eigenvalue weighted by molar-refractivity contribution is 5.77. The van der Waals surface area contributed by atoms with Crippen molar-refractivity contribution in [2.45, 2.75) is 13.0 Å². The van der Waals surface area contributed by atoms with Crippen LogP contribution >= 0.6 is 0 Å². The molecule has 0 aliphatic carbocycles. The minimum Gasteiger partial charge on any atom is -0.354 e. The second-order valence-electron chi connectivity index (χ2n) is 4.02. The quantitative estimate of drug-likeness (QED) is 0.773. The molecule has 1 amide bonds. The SMILES string of the molecule is CN(CC(=O)NCCC#N)Cc1ccccc1F. The molecule has 1 aromatic rings. The molecule has 0 unspecified atom stereocenters. The van der Waals surface area contributed by atoms with Crippen LogP contribution in [0.1, 0.15) is 12.0 Å². The summed E-state index contributed by atoms with van der Waals surface area (Å²) in [4.78, 5) is 13.2. The van der Waals surface area contributed by atoms with Crippen molar-refractivity contribution in [3.8, 4) is 6.07 Å². The van der Waals surface area contributed by atoms with Crippen LogP contribution in [0, 0.1) is 17.1 Å². The van der Waals surface area contributed by atoms with Gasteiger partial charge in [0.15, 0.2) is 0 Å². The van der Waals surface area contributed by atoms with Crippen molar-refractivity contribution in [1.29, 1.82) is 5.26 Å². The Hall–Kier alpha value is -1.93. The van der Waals surface area contributed by atoms with Crippen LogP contribution in [0.2, 0.25) is 0 Å². The zero-order valence-corrected chi connectivity index (χ0v) is 10.3. The normalized spacial score (nSPS) is 10.1. The van der Waals surface area contributed by atoms with Gasteiger partial charge in [-0.2, -0.15) is 5.26 Å². The van der Waals surface area contributed by atoms with E-state index in [-0.39, 0.29) is 18.3 Å². The molecule has 1 rings (SSSR count). The maximum Gasteiger partial charge on any atom is 0.234 e. The lowest BCUT2D eigenvalue weighted by molar-refractivity contribution is -0.122. The van der Waals surface area contributed by atoms with Crippen molar-refractivity contribution < 1.29 is 9.18 Å². The fourth-order valence-electron chi connectivity index (χ4n) is 1.53. The molecule has 0 heterocycles. The van der Waals surface area contributed by atoms with Crippen molar-refractivity contribution in [3.63, 3.8) is 0 Å². The van der Waals surface area contributed by atoms with E-state index >= 15 is 0 Å². The van der Waals surface area contributed by atoms with Gasteiger partial charge in [-0.3, -0.25) is 9.69 Å². The van der Waals surface area contributed by atoms with E-state index in [4.69, 9.17) is 5.26 Å². The van der Waals surface area contributed by atoms with Crippen LogP contribution < -0.4 is 5.32 Å². The number of carbonyl (C=O) groups is 1. The van der Waals surface area contributed by atoms with Gasteiger partial charge in [0.05, 0.1) is 19.0 Å². The third kappa shape index (κ3) is 4.93. The Morgan fingerprint density at radius 2 is 2.22 bits per heavy atom. The second kappa shape index (κ2) is 7.41. The minimum atomic E-state index is -0.269. The molecule has 0 saturated heterocycles. The summed E-state index contributed by atoms with van der Waals surface area (Å²) in [5.74, 6) is -0.432. The number of nitrogens with zero attached hydrogens (tertiary/aromatic N) is 2. The third-order valence-electron chi connectivity index (χ3n) is 2.37. The molecule has 4 nitrogen and oxygen atoms in total. The Labute approximate surface area is 106 Å². The van der Waals surface area contributed by atoms with Gasteiger partial charge in [0.25, 0.3) is 0 Å². The zero-order valence-electron chi connectivity index (χ0n) is 10.3. The lowest BCUT2D eigenvalue weighted by Gasteiger charge is -2.16. The lowest BCUT2D eigenvalue weighted by atomic mass is 10.2. The van der Waals surface area contributed by atoms with Crippen LogP contribution in [0.15, 0.2) is 24.3 Å². The fourth-order valence-corrected chi connectivity index (χ4v) is 1.53. The summed E-state index contributed by atoms with van der Waals surface area (Å²) < 4.78 is 13.4. The summed E-state index contributed by atoms with van der Waals surface area (Å²) in [6.07, 6.45) is 0.294. The Kier molecular flexibility index (Phi) is 5.81. The first-order valence-electron chi connectivity index (χ1n) is 5.69. The molecule has 0 aromatic heterocycles. The number of rotatable bonds is 6. The number of amides is 1. The van der Waals surface area contributed by atoms with Gasteiger partial charge in [-0.1, -0.05) is 18.2 Å². The molecule has 5 heteroatoms. The van der Waals surface area contributed by atoms with E-state index in [0.717, 1.165) is 0 Å². The molecule has 0 atom stereocenters. The smallest absolute Gasteiger partial charge is 0.234 e. The molecular formula is C13H16FN3O. The van der Waals surface area contributed by atoms with Crippen molar-refractivity contribution >= 4 is 5.91 Å². The number of hydrogen-bond acceptors (Lipinski definition) is 3. The summed E-state index contributed by atoms with van der Waals surface area (Å²) in [6, 6.07) is 8.43. The van der Waals surface area contributed by atoms with Gasteiger partial charge in [-0.15, -0.1) is 0 Å². The van der Waals surface area contributed by atoms with Gasteiger partial charge in [-0.25, -0.2) is 4.39 Å². The Morgan fingerprint density at radius 3 is 2.89 bits per heavy atom. The predicted octanol–water partition coefficient (Wildman–Crippen LogP) is 1.29. The molecule has 1 N–H and O–H groups in total.